The lowest BCUT2D eigenvalue weighted by atomic mass is 9.83. The Morgan fingerprint density at radius 1 is 0.676 bits per heavy atom. The van der Waals surface area contributed by atoms with Crippen molar-refractivity contribution in [1.82, 2.24) is 0 Å². The maximum Gasteiger partial charge on any atom is 0.118 e. The SMILES string of the molecule is COc1ccc(P(c2ccccc2Cl)c2cc3ccc(C(C)(C)C)cc3cc2C(C)(C)C)cc1. The molecule has 4 aromatic rings. The Morgan fingerprint density at radius 3 is 1.94 bits per heavy atom. The summed E-state index contributed by atoms with van der Waals surface area (Å²) >= 11 is 6.82. The molecular formula is C31H34ClOP. The van der Waals surface area contributed by atoms with Crippen molar-refractivity contribution < 1.29 is 4.74 Å². The van der Waals surface area contributed by atoms with E-state index in [9.17, 15) is 0 Å². The topological polar surface area (TPSA) is 9.23 Å². The molecule has 0 fully saturated rings. The van der Waals surface area contributed by atoms with Gasteiger partial charge in [-0.15, -0.1) is 0 Å². The number of halogens is 1. The van der Waals surface area contributed by atoms with Gasteiger partial charge in [-0.05, 0) is 81.6 Å². The fourth-order valence-corrected chi connectivity index (χ4v) is 7.39. The molecule has 0 aliphatic rings. The Bertz CT molecular complexity index is 1310. The summed E-state index contributed by atoms with van der Waals surface area (Å²) in [6.07, 6.45) is 0. The molecule has 1 unspecified atom stereocenters. The first-order valence-electron chi connectivity index (χ1n) is 11.8. The van der Waals surface area contributed by atoms with Crippen LogP contribution in [0.2, 0.25) is 5.02 Å². The zero-order valence-electron chi connectivity index (χ0n) is 21.2. The zero-order chi connectivity index (χ0) is 24.7. The molecule has 4 rings (SSSR count). The number of hydrogen-bond donors (Lipinski definition) is 0. The summed E-state index contributed by atoms with van der Waals surface area (Å²) in [6, 6.07) is 28.5. The zero-order valence-corrected chi connectivity index (χ0v) is 22.9. The number of rotatable bonds is 4. The average molecular weight is 489 g/mol. The molecule has 1 nitrogen and oxygen atoms in total. The van der Waals surface area contributed by atoms with E-state index in [1.165, 1.54) is 37.8 Å². The van der Waals surface area contributed by atoms with Gasteiger partial charge in [0.25, 0.3) is 0 Å². The van der Waals surface area contributed by atoms with Gasteiger partial charge in [0, 0.05) is 10.3 Å². The summed E-state index contributed by atoms with van der Waals surface area (Å²) in [7, 11) is 0.847. The van der Waals surface area contributed by atoms with Gasteiger partial charge in [-0.1, -0.05) is 102 Å². The van der Waals surface area contributed by atoms with E-state index < -0.39 is 7.92 Å². The highest BCUT2D eigenvalue weighted by Crippen LogP contribution is 2.41. The van der Waals surface area contributed by atoms with Crippen molar-refractivity contribution in [3.63, 3.8) is 0 Å². The van der Waals surface area contributed by atoms with Crippen molar-refractivity contribution in [3.05, 3.63) is 95.0 Å². The number of fused-ring (bicyclic) bond motifs is 1. The molecule has 0 aliphatic carbocycles. The fraction of sp³-hybridized carbons (Fsp3) is 0.290. The monoisotopic (exact) mass is 488 g/mol. The molecule has 4 aromatic carbocycles. The third-order valence-corrected chi connectivity index (χ3v) is 9.29. The van der Waals surface area contributed by atoms with Crippen molar-refractivity contribution in [2.75, 3.05) is 7.11 Å². The second kappa shape index (κ2) is 9.37. The predicted octanol–water partition coefficient (Wildman–Crippen LogP) is 7.86. The third-order valence-electron chi connectivity index (χ3n) is 6.29. The Kier molecular flexibility index (Phi) is 6.83. The molecule has 0 radical (unpaired) electrons. The van der Waals surface area contributed by atoms with Gasteiger partial charge in [0.1, 0.15) is 5.75 Å². The van der Waals surface area contributed by atoms with Crippen LogP contribution in [-0.4, -0.2) is 7.11 Å². The summed E-state index contributed by atoms with van der Waals surface area (Å²) in [4.78, 5) is 0. The molecule has 34 heavy (non-hydrogen) atoms. The minimum Gasteiger partial charge on any atom is -0.497 e. The molecular weight excluding hydrogens is 455 g/mol. The highest BCUT2D eigenvalue weighted by atomic mass is 35.5. The van der Waals surface area contributed by atoms with E-state index in [2.05, 4.69) is 108 Å². The van der Waals surface area contributed by atoms with E-state index in [1.807, 2.05) is 12.1 Å². The molecule has 0 N–H and O–H groups in total. The van der Waals surface area contributed by atoms with E-state index in [-0.39, 0.29) is 10.8 Å². The first-order chi connectivity index (χ1) is 16.0. The standard InChI is InChI=1S/C31H34ClOP/c1-30(2,3)23-13-12-21-20-29(26(31(4,5)6)19-22(21)18-23)34(28-11-9-8-10-27(28)32)25-16-14-24(33-7)15-17-25/h8-20H,1-7H3. The molecule has 0 bridgehead atoms. The number of hydrogen-bond acceptors (Lipinski definition) is 1. The highest BCUT2D eigenvalue weighted by molar-refractivity contribution is 7.80. The van der Waals surface area contributed by atoms with Crippen LogP contribution >= 0.6 is 19.5 Å². The second-order valence-corrected chi connectivity index (χ2v) is 13.5. The summed E-state index contributed by atoms with van der Waals surface area (Å²) in [5.74, 6) is 0.863. The number of methoxy groups -OCH3 is 1. The van der Waals surface area contributed by atoms with Gasteiger partial charge in [0.2, 0.25) is 0 Å². The van der Waals surface area contributed by atoms with Crippen LogP contribution in [0.25, 0.3) is 10.8 Å². The summed E-state index contributed by atoms with van der Waals surface area (Å²) in [6.45, 7) is 13.7. The second-order valence-electron chi connectivity index (χ2n) is 10.9. The van der Waals surface area contributed by atoms with E-state index in [1.54, 1.807) is 7.11 Å². The van der Waals surface area contributed by atoms with E-state index in [0.717, 1.165) is 10.8 Å². The first-order valence-corrected chi connectivity index (χ1v) is 13.5. The van der Waals surface area contributed by atoms with E-state index >= 15 is 0 Å². The molecule has 0 aromatic heterocycles. The van der Waals surface area contributed by atoms with Crippen LogP contribution in [0.3, 0.4) is 0 Å². The predicted molar refractivity (Wildman–Crippen MR) is 152 cm³/mol. The van der Waals surface area contributed by atoms with Crippen molar-refractivity contribution in [2.24, 2.45) is 0 Å². The minimum atomic E-state index is -0.860. The lowest BCUT2D eigenvalue weighted by Gasteiger charge is -2.30. The molecule has 0 amide bonds. The van der Waals surface area contributed by atoms with Crippen LogP contribution in [0.1, 0.15) is 52.7 Å². The molecule has 0 spiro atoms. The summed E-state index contributed by atoms with van der Waals surface area (Å²) in [5.41, 5.74) is 2.82. The lowest BCUT2D eigenvalue weighted by molar-refractivity contribution is 0.415. The quantitative estimate of drug-likeness (QED) is 0.266. The minimum absolute atomic E-state index is 0.0183. The van der Waals surface area contributed by atoms with Crippen LogP contribution in [0.15, 0.2) is 78.9 Å². The van der Waals surface area contributed by atoms with Gasteiger partial charge in [0.15, 0.2) is 0 Å². The van der Waals surface area contributed by atoms with Gasteiger partial charge >= 0.3 is 0 Å². The molecule has 0 saturated heterocycles. The maximum atomic E-state index is 6.82. The molecule has 3 heteroatoms. The Morgan fingerprint density at radius 2 is 1.35 bits per heavy atom. The third kappa shape index (κ3) is 5.02. The van der Waals surface area contributed by atoms with Crippen LogP contribution in [0, 0.1) is 0 Å². The van der Waals surface area contributed by atoms with Gasteiger partial charge in [0.05, 0.1) is 7.11 Å². The molecule has 1 atom stereocenters. The average Bonchev–Trinajstić information content (AvgIpc) is 2.79. The van der Waals surface area contributed by atoms with Gasteiger partial charge < -0.3 is 4.74 Å². The van der Waals surface area contributed by atoms with Crippen LogP contribution in [-0.2, 0) is 10.8 Å². The van der Waals surface area contributed by atoms with Gasteiger partial charge in [-0.25, -0.2) is 0 Å². The molecule has 0 heterocycles. The normalized spacial score (nSPS) is 13.2. The fourth-order valence-electron chi connectivity index (χ4n) is 4.31. The Labute approximate surface area is 210 Å². The van der Waals surface area contributed by atoms with Crippen molar-refractivity contribution in [1.29, 1.82) is 0 Å². The molecule has 0 aliphatic heterocycles. The number of benzene rings is 4. The largest absolute Gasteiger partial charge is 0.497 e. The number of ether oxygens (including phenoxy) is 1. The van der Waals surface area contributed by atoms with Gasteiger partial charge in [-0.3, -0.25) is 0 Å². The smallest absolute Gasteiger partial charge is 0.118 e. The van der Waals surface area contributed by atoms with Crippen molar-refractivity contribution >= 4 is 46.2 Å². The van der Waals surface area contributed by atoms with Crippen molar-refractivity contribution in [3.8, 4) is 5.75 Å². The maximum absolute atomic E-state index is 6.82. The Balaban J connectivity index is 2.02. The van der Waals surface area contributed by atoms with Crippen LogP contribution in [0.5, 0.6) is 5.75 Å². The lowest BCUT2D eigenvalue weighted by Crippen LogP contribution is -2.29. The summed E-state index contributed by atoms with van der Waals surface area (Å²) in [5, 5.41) is 7.18. The summed E-state index contributed by atoms with van der Waals surface area (Å²) < 4.78 is 5.44. The van der Waals surface area contributed by atoms with Crippen molar-refractivity contribution in [2.45, 2.75) is 52.4 Å². The van der Waals surface area contributed by atoms with Crippen LogP contribution in [0.4, 0.5) is 0 Å². The first kappa shape index (κ1) is 24.8. The van der Waals surface area contributed by atoms with Gasteiger partial charge in [-0.2, -0.15) is 0 Å². The highest BCUT2D eigenvalue weighted by Gasteiger charge is 2.27. The Hall–Kier alpha value is -2.34. The van der Waals surface area contributed by atoms with E-state index in [0.29, 0.717) is 0 Å². The molecule has 0 saturated carbocycles. The molecule has 176 valence electrons. The van der Waals surface area contributed by atoms with E-state index in [4.69, 9.17) is 16.3 Å². The van der Waals surface area contributed by atoms with Crippen LogP contribution < -0.4 is 20.7 Å².